The fourth-order valence-electron chi connectivity index (χ4n) is 1.73. The number of aromatic amines is 1. The molecule has 0 bridgehead atoms. The fraction of sp³-hybridized carbons (Fsp3) is 0.182. The maximum absolute atomic E-state index is 12.2. The standard InChI is InChI=1S/C11H13N7O3/c1-6(10-13-5-14-17-10)15-11(19)8-4-7(16-12)2-3-9(8)18(20)21/h2-6,16H,12H2,1H3,(H,15,19)(H,13,14,17). The number of carbonyl (C=O) groups excluding carboxylic acids is 1. The molecule has 2 aromatic rings. The van der Waals surface area contributed by atoms with E-state index in [1.165, 1.54) is 24.5 Å². The van der Waals surface area contributed by atoms with E-state index >= 15 is 0 Å². The number of anilines is 1. The number of H-pyrrole nitrogens is 1. The maximum Gasteiger partial charge on any atom is 0.282 e. The van der Waals surface area contributed by atoms with E-state index in [4.69, 9.17) is 5.84 Å². The largest absolute Gasteiger partial charge is 0.342 e. The fourth-order valence-corrected chi connectivity index (χ4v) is 1.73. The molecular weight excluding hydrogens is 278 g/mol. The molecule has 0 radical (unpaired) electrons. The molecule has 1 aromatic heterocycles. The highest BCUT2D eigenvalue weighted by Crippen LogP contribution is 2.23. The van der Waals surface area contributed by atoms with Gasteiger partial charge in [0.1, 0.15) is 17.7 Å². The highest BCUT2D eigenvalue weighted by atomic mass is 16.6. The number of hydrogen-bond donors (Lipinski definition) is 4. The van der Waals surface area contributed by atoms with Gasteiger partial charge in [0.25, 0.3) is 11.6 Å². The predicted molar refractivity (Wildman–Crippen MR) is 73.2 cm³/mol. The zero-order chi connectivity index (χ0) is 15.4. The number of nitro benzene ring substituents is 1. The summed E-state index contributed by atoms with van der Waals surface area (Å²) in [6, 6.07) is 3.45. The van der Waals surface area contributed by atoms with Crippen LogP contribution in [0, 0.1) is 10.1 Å². The smallest absolute Gasteiger partial charge is 0.282 e. The molecule has 21 heavy (non-hydrogen) atoms. The zero-order valence-corrected chi connectivity index (χ0v) is 11.0. The molecule has 0 aliphatic heterocycles. The third kappa shape index (κ3) is 3.12. The topological polar surface area (TPSA) is 152 Å². The van der Waals surface area contributed by atoms with Crippen LogP contribution in [0.25, 0.3) is 0 Å². The summed E-state index contributed by atoms with van der Waals surface area (Å²) in [6.45, 7) is 1.68. The molecular formula is C11H13N7O3. The van der Waals surface area contributed by atoms with Crippen LogP contribution < -0.4 is 16.6 Å². The van der Waals surface area contributed by atoms with Crippen LogP contribution in [0.4, 0.5) is 11.4 Å². The van der Waals surface area contributed by atoms with Crippen LogP contribution in [0.5, 0.6) is 0 Å². The van der Waals surface area contributed by atoms with Crippen LogP contribution >= 0.6 is 0 Å². The van der Waals surface area contributed by atoms with Crippen molar-refractivity contribution in [3.63, 3.8) is 0 Å². The summed E-state index contributed by atoms with van der Waals surface area (Å²) < 4.78 is 0. The molecule has 0 saturated heterocycles. The molecule has 1 aromatic carbocycles. The number of nitrogens with zero attached hydrogens (tertiary/aromatic N) is 3. The molecule has 1 unspecified atom stereocenters. The first-order valence-corrected chi connectivity index (χ1v) is 5.94. The van der Waals surface area contributed by atoms with Gasteiger partial charge in [0.15, 0.2) is 0 Å². The third-order valence-corrected chi connectivity index (χ3v) is 2.80. The van der Waals surface area contributed by atoms with Gasteiger partial charge in [-0.1, -0.05) is 0 Å². The minimum atomic E-state index is -0.631. The molecule has 110 valence electrons. The lowest BCUT2D eigenvalue weighted by Gasteiger charge is -2.12. The zero-order valence-electron chi connectivity index (χ0n) is 11.0. The van der Waals surface area contributed by atoms with Gasteiger partial charge in [0.2, 0.25) is 0 Å². The van der Waals surface area contributed by atoms with Crippen molar-refractivity contribution in [2.75, 3.05) is 5.43 Å². The minimum Gasteiger partial charge on any atom is -0.342 e. The van der Waals surface area contributed by atoms with Crippen LogP contribution in [0.15, 0.2) is 24.5 Å². The Hall–Kier alpha value is -3.01. The number of nitro groups is 1. The molecule has 1 amide bonds. The van der Waals surface area contributed by atoms with Crippen molar-refractivity contribution >= 4 is 17.3 Å². The van der Waals surface area contributed by atoms with E-state index in [1.54, 1.807) is 6.92 Å². The Morgan fingerprint density at radius 3 is 2.86 bits per heavy atom. The molecule has 0 aliphatic carbocycles. The second kappa shape index (κ2) is 5.96. The number of hydrazine groups is 1. The lowest BCUT2D eigenvalue weighted by atomic mass is 10.1. The maximum atomic E-state index is 12.2. The lowest BCUT2D eigenvalue weighted by Crippen LogP contribution is -2.28. The number of hydrogen-bond acceptors (Lipinski definition) is 7. The summed E-state index contributed by atoms with van der Waals surface area (Å²) in [6.07, 6.45) is 1.30. The molecule has 5 N–H and O–H groups in total. The van der Waals surface area contributed by atoms with Gasteiger partial charge in [-0.15, -0.1) is 0 Å². The van der Waals surface area contributed by atoms with E-state index in [-0.39, 0.29) is 11.3 Å². The van der Waals surface area contributed by atoms with Gasteiger partial charge in [-0.05, 0) is 19.1 Å². The SMILES string of the molecule is CC(NC(=O)c1cc(NN)ccc1[N+](=O)[O-])c1ncn[nH]1. The lowest BCUT2D eigenvalue weighted by molar-refractivity contribution is -0.385. The van der Waals surface area contributed by atoms with Crippen molar-refractivity contribution in [3.05, 3.63) is 46.0 Å². The number of amides is 1. The van der Waals surface area contributed by atoms with Crippen molar-refractivity contribution < 1.29 is 9.72 Å². The summed E-state index contributed by atoms with van der Waals surface area (Å²) in [5, 5.41) is 19.9. The van der Waals surface area contributed by atoms with Crippen LogP contribution in [0.2, 0.25) is 0 Å². The van der Waals surface area contributed by atoms with Crippen molar-refractivity contribution in [1.29, 1.82) is 0 Å². The quantitative estimate of drug-likeness (QED) is 0.355. The molecule has 0 fully saturated rings. The summed E-state index contributed by atoms with van der Waals surface area (Å²) in [5.74, 6) is 5.08. The number of carbonyl (C=O) groups is 1. The van der Waals surface area contributed by atoms with E-state index < -0.39 is 16.9 Å². The average Bonchev–Trinajstić information content (AvgIpc) is 3.00. The van der Waals surface area contributed by atoms with E-state index in [9.17, 15) is 14.9 Å². The van der Waals surface area contributed by atoms with Crippen molar-refractivity contribution in [3.8, 4) is 0 Å². The Balaban J connectivity index is 2.27. The highest BCUT2D eigenvalue weighted by Gasteiger charge is 2.22. The third-order valence-electron chi connectivity index (χ3n) is 2.80. The van der Waals surface area contributed by atoms with E-state index in [2.05, 4.69) is 25.9 Å². The second-order valence-corrected chi connectivity index (χ2v) is 4.20. The van der Waals surface area contributed by atoms with E-state index in [0.717, 1.165) is 0 Å². The molecule has 0 spiro atoms. The minimum absolute atomic E-state index is 0.0955. The first-order valence-electron chi connectivity index (χ1n) is 5.94. The van der Waals surface area contributed by atoms with Gasteiger partial charge < -0.3 is 10.7 Å². The first kappa shape index (κ1) is 14.4. The Morgan fingerprint density at radius 1 is 1.52 bits per heavy atom. The van der Waals surface area contributed by atoms with Gasteiger partial charge in [-0.2, -0.15) is 5.10 Å². The number of benzene rings is 1. The summed E-state index contributed by atoms with van der Waals surface area (Å²) in [5.41, 5.74) is 2.32. The van der Waals surface area contributed by atoms with Crippen molar-refractivity contribution in [2.24, 2.45) is 5.84 Å². The number of aromatic nitrogens is 3. The van der Waals surface area contributed by atoms with E-state index in [1.807, 2.05) is 0 Å². The van der Waals surface area contributed by atoms with Crippen molar-refractivity contribution in [2.45, 2.75) is 13.0 Å². The van der Waals surface area contributed by atoms with Crippen LogP contribution in [0.1, 0.15) is 29.1 Å². The molecule has 0 saturated carbocycles. The first-order chi connectivity index (χ1) is 10.0. The van der Waals surface area contributed by atoms with Gasteiger partial charge in [0.05, 0.1) is 11.0 Å². The number of nitrogen functional groups attached to an aromatic ring is 1. The number of nitrogens with two attached hydrogens (primary N) is 1. The van der Waals surface area contributed by atoms with Gasteiger partial charge in [0, 0.05) is 11.8 Å². The van der Waals surface area contributed by atoms with Crippen molar-refractivity contribution in [1.82, 2.24) is 20.5 Å². The molecule has 1 atom stereocenters. The van der Waals surface area contributed by atoms with Crippen LogP contribution in [-0.2, 0) is 0 Å². The van der Waals surface area contributed by atoms with Crippen LogP contribution in [-0.4, -0.2) is 26.0 Å². The van der Waals surface area contributed by atoms with Gasteiger partial charge >= 0.3 is 0 Å². The molecule has 10 nitrogen and oxygen atoms in total. The summed E-state index contributed by atoms with van der Waals surface area (Å²) >= 11 is 0. The Bertz CT molecular complexity index is 656. The Labute approximate surface area is 118 Å². The molecule has 10 heteroatoms. The number of rotatable bonds is 5. The Kier molecular flexibility index (Phi) is 4.09. The molecule has 1 heterocycles. The number of nitrogens with one attached hydrogen (secondary N) is 3. The second-order valence-electron chi connectivity index (χ2n) is 4.20. The summed E-state index contributed by atoms with van der Waals surface area (Å²) in [7, 11) is 0. The predicted octanol–water partition coefficient (Wildman–Crippen LogP) is 0.489. The normalized spacial score (nSPS) is 11.7. The van der Waals surface area contributed by atoms with Crippen LogP contribution in [0.3, 0.4) is 0 Å². The monoisotopic (exact) mass is 291 g/mol. The summed E-state index contributed by atoms with van der Waals surface area (Å²) in [4.78, 5) is 26.5. The molecule has 0 aliphatic rings. The van der Waals surface area contributed by atoms with Gasteiger partial charge in [-0.25, -0.2) is 4.98 Å². The highest BCUT2D eigenvalue weighted by molar-refractivity contribution is 5.99. The Morgan fingerprint density at radius 2 is 2.29 bits per heavy atom. The average molecular weight is 291 g/mol. The van der Waals surface area contributed by atoms with E-state index in [0.29, 0.717) is 11.5 Å². The van der Waals surface area contributed by atoms with Gasteiger partial charge in [-0.3, -0.25) is 25.9 Å². The molecule has 2 rings (SSSR count).